The smallest absolute Gasteiger partial charge is 0.296 e. The average Bonchev–Trinajstić information content (AvgIpc) is 3.23. The maximum absolute atomic E-state index is 11.7. The number of nitrogen functional groups attached to an aromatic ring is 1. The number of nitrogens with two attached hydrogens (primary N) is 1. The van der Waals surface area contributed by atoms with Gasteiger partial charge in [-0.25, -0.2) is 0 Å². The van der Waals surface area contributed by atoms with E-state index in [9.17, 15) is 26.5 Å². The van der Waals surface area contributed by atoms with Crippen molar-refractivity contribution >= 4 is 93.0 Å². The number of fused-ring (bicyclic) bond motifs is 2. The van der Waals surface area contributed by atoms with Gasteiger partial charge in [-0.15, -0.1) is 5.11 Å². The minimum absolute atomic E-state index is 0.0628. The van der Waals surface area contributed by atoms with Crippen LogP contribution in [0, 0.1) is 27.7 Å². The van der Waals surface area contributed by atoms with Gasteiger partial charge in [-0.1, -0.05) is 18.2 Å². The standard InChI is InChI=1S/C45H42N8O8S2/c1-26-20-41(27(2)19-39(26)50-48-34-11-13-35-30(24-34)7-5-8-43(35)61-17-6-18-62(55,56)57)52-53-42-22-28(3)40(21-29(42)4)51-49-38-16-9-31-23-32(10-14-36(31)45(38)54)47-33-12-15-37(46)44(25-33)63(58,59)60/h5,7-16,19-25,47,54H,6,17-18,46H2,1-4H3,(H,55,56,57)(H,58,59,60). The number of hydrogen-bond acceptors (Lipinski definition) is 14. The molecule has 0 amide bonds. The Bertz CT molecular complexity index is 3250. The first-order chi connectivity index (χ1) is 29.9. The number of hydrogen-bond donors (Lipinski definition) is 5. The van der Waals surface area contributed by atoms with Gasteiger partial charge in [-0.05, 0) is 158 Å². The van der Waals surface area contributed by atoms with Gasteiger partial charge in [0, 0.05) is 22.1 Å². The van der Waals surface area contributed by atoms with Gasteiger partial charge in [0.2, 0.25) is 0 Å². The Morgan fingerprint density at radius 2 is 1.13 bits per heavy atom. The molecule has 0 radical (unpaired) electrons. The van der Waals surface area contributed by atoms with Crippen LogP contribution in [0.3, 0.4) is 0 Å². The predicted molar refractivity (Wildman–Crippen MR) is 244 cm³/mol. The molecule has 63 heavy (non-hydrogen) atoms. The molecule has 0 unspecified atom stereocenters. The Kier molecular flexibility index (Phi) is 12.6. The van der Waals surface area contributed by atoms with Crippen LogP contribution in [0.1, 0.15) is 28.7 Å². The van der Waals surface area contributed by atoms with Gasteiger partial charge >= 0.3 is 0 Å². The molecule has 18 heteroatoms. The average molecular weight is 887 g/mol. The van der Waals surface area contributed by atoms with Gasteiger partial charge in [0.05, 0.1) is 46.5 Å². The first-order valence-electron chi connectivity index (χ1n) is 19.4. The fourth-order valence-corrected chi connectivity index (χ4v) is 7.77. The molecule has 0 fully saturated rings. The molecule has 0 aromatic heterocycles. The molecule has 0 saturated carbocycles. The third kappa shape index (κ3) is 10.7. The molecule has 0 atom stereocenters. The van der Waals surface area contributed by atoms with E-state index >= 15 is 0 Å². The van der Waals surface area contributed by atoms with Crippen LogP contribution < -0.4 is 15.8 Å². The van der Waals surface area contributed by atoms with Gasteiger partial charge in [0.25, 0.3) is 20.2 Å². The molecule has 0 heterocycles. The molecule has 0 bridgehead atoms. The summed E-state index contributed by atoms with van der Waals surface area (Å²) in [5.74, 6) is 0.166. The van der Waals surface area contributed by atoms with Crippen molar-refractivity contribution < 1.29 is 35.8 Å². The van der Waals surface area contributed by atoms with Crippen molar-refractivity contribution in [3.63, 3.8) is 0 Å². The largest absolute Gasteiger partial charge is 0.505 e. The fourth-order valence-electron chi connectivity index (χ4n) is 6.64. The Balaban J connectivity index is 1.01. The molecule has 7 rings (SSSR count). The molecule has 0 aliphatic heterocycles. The van der Waals surface area contributed by atoms with E-state index in [2.05, 4.69) is 36.0 Å². The number of anilines is 3. The number of nitrogens with one attached hydrogen (secondary N) is 1. The minimum atomic E-state index is -4.50. The molecule has 0 spiro atoms. The van der Waals surface area contributed by atoms with Crippen LogP contribution in [-0.2, 0) is 20.2 Å². The highest BCUT2D eigenvalue weighted by molar-refractivity contribution is 7.86. The van der Waals surface area contributed by atoms with Crippen LogP contribution in [0.5, 0.6) is 11.5 Å². The van der Waals surface area contributed by atoms with Crippen LogP contribution in [0.25, 0.3) is 21.5 Å². The van der Waals surface area contributed by atoms with Crippen molar-refractivity contribution in [3.05, 3.63) is 131 Å². The van der Waals surface area contributed by atoms with Gasteiger partial charge in [-0.3, -0.25) is 9.11 Å². The first-order valence-corrected chi connectivity index (χ1v) is 22.4. The van der Waals surface area contributed by atoms with Crippen LogP contribution in [-0.4, -0.2) is 43.4 Å². The third-order valence-corrected chi connectivity index (χ3v) is 11.7. The van der Waals surface area contributed by atoms with Crippen molar-refractivity contribution in [2.24, 2.45) is 30.7 Å². The summed E-state index contributed by atoms with van der Waals surface area (Å²) < 4.78 is 69.6. The second kappa shape index (κ2) is 18.1. The fraction of sp³-hybridized carbons (Fsp3) is 0.156. The second-order valence-electron chi connectivity index (χ2n) is 14.8. The first kappa shape index (κ1) is 44.0. The van der Waals surface area contributed by atoms with E-state index in [0.717, 1.165) is 33.0 Å². The number of ether oxygens (including phenoxy) is 1. The summed E-state index contributed by atoms with van der Waals surface area (Å²) in [7, 11) is -8.55. The van der Waals surface area contributed by atoms with E-state index in [0.29, 0.717) is 56.3 Å². The third-order valence-electron chi connectivity index (χ3n) is 10.0. The van der Waals surface area contributed by atoms with Gasteiger partial charge in [0.1, 0.15) is 16.3 Å². The summed E-state index contributed by atoms with van der Waals surface area (Å²) in [5, 5.41) is 44.0. The zero-order valence-corrected chi connectivity index (χ0v) is 36.1. The molecular weight excluding hydrogens is 845 g/mol. The predicted octanol–water partition coefficient (Wildman–Crippen LogP) is 12.4. The SMILES string of the molecule is Cc1cc(N=Nc2cc(C)c(N=Nc3ccc4cc(Nc5ccc(N)c(S(=O)(=O)O)c5)ccc4c3O)cc2C)c(C)cc1N=Nc1ccc2c(OCCCS(=O)(=O)O)cccc2c1. The maximum atomic E-state index is 11.7. The van der Waals surface area contributed by atoms with E-state index in [-0.39, 0.29) is 35.9 Å². The van der Waals surface area contributed by atoms with Crippen LogP contribution in [0.4, 0.5) is 51.2 Å². The number of azo groups is 3. The van der Waals surface area contributed by atoms with Crippen molar-refractivity contribution in [3.8, 4) is 11.5 Å². The molecule has 16 nitrogen and oxygen atoms in total. The highest BCUT2D eigenvalue weighted by atomic mass is 32.2. The Hall–Kier alpha value is -7.12. The van der Waals surface area contributed by atoms with Crippen molar-refractivity contribution in [1.29, 1.82) is 0 Å². The zero-order valence-electron chi connectivity index (χ0n) is 34.5. The molecule has 0 aliphatic rings. The number of benzene rings is 7. The molecule has 7 aromatic carbocycles. The number of aromatic hydroxyl groups is 1. The minimum Gasteiger partial charge on any atom is -0.505 e. The monoisotopic (exact) mass is 886 g/mol. The molecule has 6 N–H and O–H groups in total. The second-order valence-corrected chi connectivity index (χ2v) is 17.8. The maximum Gasteiger partial charge on any atom is 0.296 e. The lowest BCUT2D eigenvalue weighted by Gasteiger charge is -2.11. The quantitative estimate of drug-likeness (QED) is 0.0299. The van der Waals surface area contributed by atoms with Crippen molar-refractivity contribution in [2.75, 3.05) is 23.4 Å². The summed E-state index contributed by atoms with van der Waals surface area (Å²) >= 11 is 0. The van der Waals surface area contributed by atoms with Gasteiger partial charge in [-0.2, -0.15) is 42.4 Å². The Labute approximate surface area is 363 Å². The van der Waals surface area contributed by atoms with Crippen LogP contribution in [0.15, 0.2) is 145 Å². The lowest BCUT2D eigenvalue weighted by molar-refractivity contribution is 0.319. The van der Waals surface area contributed by atoms with Gasteiger partial charge < -0.3 is 20.9 Å². The van der Waals surface area contributed by atoms with Crippen molar-refractivity contribution in [2.45, 2.75) is 39.0 Å². The highest BCUT2D eigenvalue weighted by Gasteiger charge is 2.16. The highest BCUT2D eigenvalue weighted by Crippen LogP contribution is 2.39. The van der Waals surface area contributed by atoms with Crippen molar-refractivity contribution in [1.82, 2.24) is 0 Å². The van der Waals surface area contributed by atoms with E-state index < -0.39 is 25.1 Å². The molecule has 322 valence electrons. The zero-order chi connectivity index (χ0) is 45.1. The van der Waals surface area contributed by atoms with E-state index in [1.165, 1.54) is 12.1 Å². The van der Waals surface area contributed by atoms with Crippen LogP contribution in [0.2, 0.25) is 0 Å². The molecule has 0 saturated heterocycles. The Morgan fingerprint density at radius 1 is 0.587 bits per heavy atom. The van der Waals surface area contributed by atoms with E-state index in [1.807, 2.05) is 82.3 Å². The summed E-state index contributed by atoms with van der Waals surface area (Å²) in [6.07, 6.45) is 0.164. The summed E-state index contributed by atoms with van der Waals surface area (Å²) in [6.45, 7) is 7.77. The lowest BCUT2D eigenvalue weighted by atomic mass is 10.1. The molecule has 7 aromatic rings. The lowest BCUT2D eigenvalue weighted by Crippen LogP contribution is -2.08. The van der Waals surface area contributed by atoms with E-state index in [4.69, 9.17) is 15.0 Å². The number of aryl methyl sites for hydroxylation is 4. The summed E-state index contributed by atoms with van der Waals surface area (Å²) in [4.78, 5) is -0.402. The number of rotatable bonds is 14. The Morgan fingerprint density at radius 3 is 1.73 bits per heavy atom. The normalized spacial score (nSPS) is 12.3. The number of phenols is 1. The molecule has 0 aliphatic carbocycles. The summed E-state index contributed by atoms with van der Waals surface area (Å²) in [6, 6.07) is 31.5. The molecular formula is C45H42N8O8S2. The number of phenolic OH excluding ortho intramolecular Hbond substituents is 1. The number of nitrogens with zero attached hydrogens (tertiary/aromatic N) is 6. The van der Waals surface area contributed by atoms with E-state index in [1.54, 1.807) is 42.5 Å². The summed E-state index contributed by atoms with van der Waals surface area (Å²) in [5.41, 5.74) is 13.5. The van der Waals surface area contributed by atoms with Gasteiger partial charge in [0.15, 0.2) is 5.75 Å². The van der Waals surface area contributed by atoms with Crippen LogP contribution >= 0.6 is 0 Å². The topological polar surface area (TPSA) is 250 Å².